The van der Waals surface area contributed by atoms with Crippen LogP contribution in [0.1, 0.15) is 17.7 Å². The predicted octanol–water partition coefficient (Wildman–Crippen LogP) is 2.61. The SMILES string of the molecule is Cc1c(C(F)F)ncc(F)c1F. The van der Waals surface area contributed by atoms with E-state index < -0.39 is 29.3 Å². The van der Waals surface area contributed by atoms with Crippen LogP contribution in [0.5, 0.6) is 0 Å². The molecule has 0 saturated heterocycles. The van der Waals surface area contributed by atoms with E-state index in [2.05, 4.69) is 4.98 Å². The molecule has 0 N–H and O–H groups in total. The number of rotatable bonds is 1. The smallest absolute Gasteiger partial charge is 0.252 e. The molecule has 12 heavy (non-hydrogen) atoms. The van der Waals surface area contributed by atoms with E-state index in [1.807, 2.05) is 0 Å². The highest BCUT2D eigenvalue weighted by atomic mass is 19.3. The number of nitrogens with zero attached hydrogens (tertiary/aromatic N) is 1. The molecule has 5 heteroatoms. The number of pyridine rings is 1. The molecule has 1 aromatic rings. The molecule has 0 radical (unpaired) electrons. The van der Waals surface area contributed by atoms with Crippen LogP contribution in [0.2, 0.25) is 0 Å². The molecule has 66 valence electrons. The summed E-state index contributed by atoms with van der Waals surface area (Å²) in [5.74, 6) is -2.47. The zero-order chi connectivity index (χ0) is 9.30. The van der Waals surface area contributed by atoms with E-state index in [4.69, 9.17) is 0 Å². The van der Waals surface area contributed by atoms with E-state index >= 15 is 0 Å². The number of hydrogen-bond donors (Lipinski definition) is 0. The Kier molecular flexibility index (Phi) is 2.30. The first-order chi connectivity index (χ1) is 5.54. The Bertz CT molecular complexity index is 298. The van der Waals surface area contributed by atoms with Crippen molar-refractivity contribution < 1.29 is 17.6 Å². The van der Waals surface area contributed by atoms with Crippen molar-refractivity contribution in [2.24, 2.45) is 0 Å². The van der Waals surface area contributed by atoms with Crippen molar-refractivity contribution in [2.45, 2.75) is 13.3 Å². The van der Waals surface area contributed by atoms with Gasteiger partial charge in [-0.05, 0) is 6.92 Å². The highest BCUT2D eigenvalue weighted by molar-refractivity contribution is 5.21. The van der Waals surface area contributed by atoms with Crippen molar-refractivity contribution in [2.75, 3.05) is 0 Å². The van der Waals surface area contributed by atoms with Crippen molar-refractivity contribution in [3.8, 4) is 0 Å². The summed E-state index contributed by atoms with van der Waals surface area (Å²) >= 11 is 0. The van der Waals surface area contributed by atoms with Gasteiger partial charge in [0.25, 0.3) is 6.43 Å². The quantitative estimate of drug-likeness (QED) is 0.604. The van der Waals surface area contributed by atoms with E-state index in [9.17, 15) is 17.6 Å². The van der Waals surface area contributed by atoms with E-state index in [1.54, 1.807) is 0 Å². The van der Waals surface area contributed by atoms with Gasteiger partial charge in [-0.25, -0.2) is 17.6 Å². The summed E-state index contributed by atoms with van der Waals surface area (Å²) in [5.41, 5.74) is -1.15. The monoisotopic (exact) mass is 179 g/mol. The van der Waals surface area contributed by atoms with E-state index in [-0.39, 0.29) is 0 Å². The largest absolute Gasteiger partial charge is 0.280 e. The van der Waals surface area contributed by atoms with Gasteiger partial charge in [0.05, 0.1) is 6.20 Å². The van der Waals surface area contributed by atoms with Crippen LogP contribution in [0, 0.1) is 18.6 Å². The van der Waals surface area contributed by atoms with Crippen LogP contribution >= 0.6 is 0 Å². The number of hydrogen-bond acceptors (Lipinski definition) is 1. The molecule has 0 unspecified atom stereocenters. The van der Waals surface area contributed by atoms with Crippen molar-refractivity contribution in [3.63, 3.8) is 0 Å². The fraction of sp³-hybridized carbons (Fsp3) is 0.286. The molecule has 0 spiro atoms. The third kappa shape index (κ3) is 1.39. The molecular weight excluding hydrogens is 174 g/mol. The lowest BCUT2D eigenvalue weighted by Gasteiger charge is -2.03. The first-order valence-corrected chi connectivity index (χ1v) is 3.12. The Morgan fingerprint density at radius 3 is 2.42 bits per heavy atom. The fourth-order valence-electron chi connectivity index (χ4n) is 0.791. The molecule has 0 aliphatic carbocycles. The molecule has 0 aliphatic rings. The summed E-state index contributed by atoms with van der Waals surface area (Å²) < 4.78 is 48.9. The Balaban J connectivity index is 3.27. The third-order valence-electron chi connectivity index (χ3n) is 1.45. The van der Waals surface area contributed by atoms with Gasteiger partial charge in [-0.3, -0.25) is 4.98 Å². The van der Waals surface area contributed by atoms with Gasteiger partial charge in [0, 0.05) is 5.56 Å². The van der Waals surface area contributed by atoms with Gasteiger partial charge in [0.2, 0.25) is 0 Å². The standard InChI is InChI=1S/C7H5F4N/c1-3-5(9)4(8)2-12-6(3)7(10)11/h2,7H,1H3. The lowest BCUT2D eigenvalue weighted by atomic mass is 10.2. The zero-order valence-electron chi connectivity index (χ0n) is 6.11. The van der Waals surface area contributed by atoms with Crippen LogP contribution in [0.4, 0.5) is 17.6 Å². The summed E-state index contributed by atoms with van der Waals surface area (Å²) in [5, 5.41) is 0. The molecule has 1 aromatic heterocycles. The maximum absolute atomic E-state index is 12.6. The predicted molar refractivity (Wildman–Crippen MR) is 33.8 cm³/mol. The van der Waals surface area contributed by atoms with Gasteiger partial charge >= 0.3 is 0 Å². The molecule has 0 aliphatic heterocycles. The lowest BCUT2D eigenvalue weighted by molar-refractivity contribution is 0.144. The highest BCUT2D eigenvalue weighted by Crippen LogP contribution is 2.22. The minimum Gasteiger partial charge on any atom is -0.252 e. The summed E-state index contributed by atoms with van der Waals surface area (Å²) in [6.45, 7) is 1.06. The topological polar surface area (TPSA) is 12.9 Å². The summed E-state index contributed by atoms with van der Waals surface area (Å²) in [7, 11) is 0. The van der Waals surface area contributed by atoms with Gasteiger partial charge in [-0.2, -0.15) is 0 Å². The second-order valence-corrected chi connectivity index (χ2v) is 2.23. The molecule has 0 bridgehead atoms. The molecule has 0 aromatic carbocycles. The number of aromatic nitrogens is 1. The second-order valence-electron chi connectivity index (χ2n) is 2.23. The van der Waals surface area contributed by atoms with E-state index in [1.165, 1.54) is 0 Å². The van der Waals surface area contributed by atoms with Crippen molar-refractivity contribution in [3.05, 3.63) is 29.1 Å². The summed E-state index contributed by atoms with van der Waals surface area (Å²) in [6.07, 6.45) is -2.43. The van der Waals surface area contributed by atoms with Gasteiger partial charge in [-0.15, -0.1) is 0 Å². The number of halogens is 4. The van der Waals surface area contributed by atoms with Crippen LogP contribution in [0.3, 0.4) is 0 Å². The average Bonchev–Trinajstić information content (AvgIpc) is 2.00. The number of alkyl halides is 2. The third-order valence-corrected chi connectivity index (χ3v) is 1.45. The minimum atomic E-state index is -2.87. The molecule has 1 heterocycles. The molecule has 1 nitrogen and oxygen atoms in total. The Morgan fingerprint density at radius 1 is 1.33 bits per heavy atom. The van der Waals surface area contributed by atoms with Crippen LogP contribution in [0.15, 0.2) is 6.20 Å². The summed E-state index contributed by atoms with van der Waals surface area (Å²) in [4.78, 5) is 3.07. The van der Waals surface area contributed by atoms with E-state index in [0.717, 1.165) is 6.92 Å². The molecule has 0 amide bonds. The van der Waals surface area contributed by atoms with Crippen LogP contribution in [0.25, 0.3) is 0 Å². The van der Waals surface area contributed by atoms with Gasteiger partial charge in [0.1, 0.15) is 5.69 Å². The van der Waals surface area contributed by atoms with Crippen LogP contribution in [-0.2, 0) is 0 Å². The Morgan fingerprint density at radius 2 is 1.92 bits per heavy atom. The van der Waals surface area contributed by atoms with Crippen molar-refractivity contribution in [1.82, 2.24) is 4.98 Å². The van der Waals surface area contributed by atoms with Gasteiger partial charge in [-0.1, -0.05) is 0 Å². The average molecular weight is 179 g/mol. The maximum Gasteiger partial charge on any atom is 0.280 e. The van der Waals surface area contributed by atoms with Gasteiger partial charge in [0.15, 0.2) is 11.6 Å². The van der Waals surface area contributed by atoms with Crippen LogP contribution in [-0.4, -0.2) is 4.98 Å². The molecule has 0 saturated carbocycles. The molecule has 0 fully saturated rings. The molecular formula is C7H5F4N. The first-order valence-electron chi connectivity index (χ1n) is 3.12. The minimum absolute atomic E-state index is 0.440. The van der Waals surface area contributed by atoms with Crippen molar-refractivity contribution >= 4 is 0 Å². The normalized spacial score (nSPS) is 10.8. The second kappa shape index (κ2) is 3.08. The highest BCUT2D eigenvalue weighted by Gasteiger charge is 2.17. The van der Waals surface area contributed by atoms with Gasteiger partial charge < -0.3 is 0 Å². The molecule has 1 rings (SSSR count). The maximum atomic E-state index is 12.6. The summed E-state index contributed by atoms with van der Waals surface area (Å²) in [6, 6.07) is 0. The fourth-order valence-corrected chi connectivity index (χ4v) is 0.791. The van der Waals surface area contributed by atoms with Crippen molar-refractivity contribution in [1.29, 1.82) is 0 Å². The Labute approximate surface area is 66.0 Å². The lowest BCUT2D eigenvalue weighted by Crippen LogP contribution is -2.00. The van der Waals surface area contributed by atoms with Crippen LogP contribution < -0.4 is 0 Å². The first kappa shape index (κ1) is 8.96. The molecule has 0 atom stereocenters. The Hall–Kier alpha value is -1.13. The van der Waals surface area contributed by atoms with E-state index in [0.29, 0.717) is 6.20 Å². The zero-order valence-corrected chi connectivity index (χ0v) is 6.11.